The van der Waals surface area contributed by atoms with Crippen LogP contribution in [0.4, 0.5) is 15.6 Å². The number of sulfonamides is 1. The summed E-state index contributed by atoms with van der Waals surface area (Å²) in [7, 11) is -2.26. The molecule has 3 aromatic rings. The molecule has 2 amide bonds. The van der Waals surface area contributed by atoms with Crippen LogP contribution < -0.4 is 14.5 Å². The summed E-state index contributed by atoms with van der Waals surface area (Å²) < 4.78 is 26.9. The van der Waals surface area contributed by atoms with Gasteiger partial charge in [-0.25, -0.2) is 22.9 Å². The van der Waals surface area contributed by atoms with E-state index in [2.05, 4.69) is 14.7 Å². The van der Waals surface area contributed by atoms with E-state index in [0.717, 1.165) is 41.1 Å². The normalized spacial score (nSPS) is 15.2. The molecule has 3 heterocycles. The molecule has 1 N–H and O–H groups in total. The van der Waals surface area contributed by atoms with Crippen molar-refractivity contribution in [3.05, 3.63) is 54.4 Å². The van der Waals surface area contributed by atoms with Crippen molar-refractivity contribution in [2.45, 2.75) is 24.0 Å². The molecule has 4 rings (SSSR count). The van der Waals surface area contributed by atoms with Gasteiger partial charge in [0.05, 0.1) is 11.4 Å². The number of hydrogen-bond donors (Lipinski definition) is 1. The molecule has 31 heavy (non-hydrogen) atoms. The number of hydrogen-bond acceptors (Lipinski definition) is 6. The molecule has 0 unspecified atom stereocenters. The predicted octanol–water partition coefficient (Wildman–Crippen LogP) is 3.65. The largest absolute Gasteiger partial charge is 0.330 e. The number of urea groups is 1. The van der Waals surface area contributed by atoms with E-state index in [1.807, 2.05) is 42.5 Å². The SMILES string of the molecule is CNS(=O)(=O)c1sc(N2CCCCN(c3ccc(-c4ccccn4)cc3)C2=O)nc1C. The summed E-state index contributed by atoms with van der Waals surface area (Å²) in [5.74, 6) is 0. The highest BCUT2D eigenvalue weighted by atomic mass is 32.2. The van der Waals surface area contributed by atoms with Gasteiger partial charge in [0.15, 0.2) is 9.34 Å². The van der Waals surface area contributed by atoms with Crippen LogP contribution in [0.1, 0.15) is 18.5 Å². The van der Waals surface area contributed by atoms with Crippen molar-refractivity contribution in [1.29, 1.82) is 0 Å². The summed E-state index contributed by atoms with van der Waals surface area (Å²) in [4.78, 5) is 25.4. The number of pyridine rings is 1. The molecular weight excluding hydrogens is 434 g/mol. The topological polar surface area (TPSA) is 95.5 Å². The number of amides is 2. The average molecular weight is 458 g/mol. The lowest BCUT2D eigenvalue weighted by Crippen LogP contribution is -2.42. The fourth-order valence-electron chi connectivity index (χ4n) is 3.47. The van der Waals surface area contributed by atoms with Crippen LogP contribution in [0, 0.1) is 6.92 Å². The third-order valence-electron chi connectivity index (χ3n) is 5.10. The van der Waals surface area contributed by atoms with E-state index in [-0.39, 0.29) is 10.2 Å². The first kappa shape index (κ1) is 21.4. The van der Waals surface area contributed by atoms with Gasteiger partial charge in [-0.3, -0.25) is 14.8 Å². The Morgan fingerprint density at radius 2 is 1.74 bits per heavy atom. The Labute approximate surface area is 185 Å². The van der Waals surface area contributed by atoms with Crippen molar-refractivity contribution in [2.75, 3.05) is 29.9 Å². The third-order valence-corrected chi connectivity index (χ3v) is 8.31. The van der Waals surface area contributed by atoms with Gasteiger partial charge in [-0.05, 0) is 51.1 Å². The van der Waals surface area contributed by atoms with Gasteiger partial charge in [0.2, 0.25) is 0 Å². The van der Waals surface area contributed by atoms with E-state index in [1.165, 1.54) is 7.05 Å². The van der Waals surface area contributed by atoms with Gasteiger partial charge in [-0.15, -0.1) is 0 Å². The minimum Gasteiger partial charge on any atom is -0.294 e. The number of aromatic nitrogens is 2. The predicted molar refractivity (Wildman–Crippen MR) is 122 cm³/mol. The Morgan fingerprint density at radius 1 is 1.03 bits per heavy atom. The lowest BCUT2D eigenvalue weighted by atomic mass is 10.1. The van der Waals surface area contributed by atoms with Crippen LogP contribution in [0.15, 0.2) is 52.9 Å². The molecule has 0 spiro atoms. The van der Waals surface area contributed by atoms with Crippen molar-refractivity contribution < 1.29 is 13.2 Å². The molecular formula is C21H23N5O3S2. The maximum Gasteiger partial charge on any atom is 0.330 e. The van der Waals surface area contributed by atoms with Crippen molar-refractivity contribution in [2.24, 2.45) is 0 Å². The summed E-state index contributed by atoms with van der Waals surface area (Å²) in [5.41, 5.74) is 3.01. The summed E-state index contributed by atoms with van der Waals surface area (Å²) in [6.07, 6.45) is 3.40. The first-order valence-corrected chi connectivity index (χ1v) is 12.2. The molecule has 10 heteroatoms. The molecule has 2 aromatic heterocycles. The monoisotopic (exact) mass is 457 g/mol. The molecule has 8 nitrogen and oxygen atoms in total. The zero-order valence-corrected chi connectivity index (χ0v) is 18.9. The first-order chi connectivity index (χ1) is 14.9. The van der Waals surface area contributed by atoms with E-state index in [1.54, 1.807) is 22.9 Å². The van der Waals surface area contributed by atoms with Gasteiger partial charge in [0.25, 0.3) is 10.0 Å². The fourth-order valence-corrected chi connectivity index (χ4v) is 5.82. The minimum absolute atomic E-state index is 0.133. The average Bonchev–Trinajstić information content (AvgIpc) is 3.08. The van der Waals surface area contributed by atoms with Gasteiger partial charge in [0, 0.05) is 30.5 Å². The molecule has 1 aliphatic rings. The van der Waals surface area contributed by atoms with Gasteiger partial charge >= 0.3 is 6.03 Å². The first-order valence-electron chi connectivity index (χ1n) is 9.92. The van der Waals surface area contributed by atoms with Crippen LogP contribution in [0.3, 0.4) is 0 Å². The summed E-state index contributed by atoms with van der Waals surface area (Å²) in [6.45, 7) is 2.72. The zero-order chi connectivity index (χ0) is 22.0. The van der Waals surface area contributed by atoms with E-state index in [9.17, 15) is 13.2 Å². The van der Waals surface area contributed by atoms with Gasteiger partial charge < -0.3 is 0 Å². The molecule has 0 atom stereocenters. The van der Waals surface area contributed by atoms with Crippen LogP contribution >= 0.6 is 11.3 Å². The summed E-state index contributed by atoms with van der Waals surface area (Å²) in [5, 5.41) is 0.397. The standard InChI is InChI=1S/C21H23N5O3S2/c1-15-19(31(28,29)22-2)30-20(24-15)26-14-6-5-13-25(21(26)27)17-10-8-16(9-11-17)18-7-3-4-12-23-18/h3-4,7-12,22H,5-6,13-14H2,1-2H3. The number of nitrogens with zero attached hydrogens (tertiary/aromatic N) is 4. The van der Waals surface area contributed by atoms with Crippen molar-refractivity contribution in [3.8, 4) is 11.3 Å². The molecule has 1 aromatic carbocycles. The van der Waals surface area contributed by atoms with Crippen LogP contribution in [0.5, 0.6) is 0 Å². The highest BCUT2D eigenvalue weighted by Gasteiger charge is 2.30. The minimum atomic E-state index is -3.62. The van der Waals surface area contributed by atoms with Crippen molar-refractivity contribution >= 4 is 38.2 Å². The molecule has 0 aliphatic carbocycles. The molecule has 1 saturated heterocycles. The highest BCUT2D eigenvalue weighted by Crippen LogP contribution is 2.32. The zero-order valence-electron chi connectivity index (χ0n) is 17.3. The quantitative estimate of drug-likeness (QED) is 0.631. The smallest absolute Gasteiger partial charge is 0.294 e. The molecule has 0 bridgehead atoms. The molecule has 1 aliphatic heterocycles. The Kier molecular flexibility index (Phi) is 6.03. The lowest BCUT2D eigenvalue weighted by Gasteiger charge is -2.26. The van der Waals surface area contributed by atoms with Crippen molar-refractivity contribution in [3.63, 3.8) is 0 Å². The van der Waals surface area contributed by atoms with Gasteiger partial charge in [-0.1, -0.05) is 29.5 Å². The highest BCUT2D eigenvalue weighted by molar-refractivity contribution is 7.91. The number of carbonyl (C=O) groups excluding carboxylic acids is 1. The number of rotatable bonds is 5. The van der Waals surface area contributed by atoms with Gasteiger partial charge in [-0.2, -0.15) is 0 Å². The second kappa shape index (κ2) is 8.74. The Bertz CT molecular complexity index is 1180. The summed E-state index contributed by atoms with van der Waals surface area (Å²) in [6, 6.07) is 13.3. The number of thiazole rings is 1. The van der Waals surface area contributed by atoms with Crippen molar-refractivity contribution in [1.82, 2.24) is 14.7 Å². The van der Waals surface area contributed by atoms with E-state index < -0.39 is 10.0 Å². The van der Waals surface area contributed by atoms with Crippen LogP contribution in [0.2, 0.25) is 0 Å². The molecule has 162 valence electrons. The maximum atomic E-state index is 13.4. The number of anilines is 2. The summed E-state index contributed by atoms with van der Waals surface area (Å²) >= 11 is 1.02. The van der Waals surface area contributed by atoms with Gasteiger partial charge in [0.1, 0.15) is 0 Å². The second-order valence-electron chi connectivity index (χ2n) is 7.13. The third kappa shape index (κ3) is 4.32. The number of nitrogens with one attached hydrogen (secondary N) is 1. The molecule has 0 radical (unpaired) electrons. The van der Waals surface area contributed by atoms with Crippen LogP contribution in [-0.4, -0.2) is 44.6 Å². The van der Waals surface area contributed by atoms with Crippen LogP contribution in [0.25, 0.3) is 11.3 Å². The van der Waals surface area contributed by atoms with E-state index in [0.29, 0.717) is 23.9 Å². The fraction of sp³-hybridized carbons (Fsp3) is 0.286. The molecule has 0 saturated carbocycles. The number of benzene rings is 1. The Balaban J connectivity index is 1.62. The van der Waals surface area contributed by atoms with E-state index in [4.69, 9.17) is 0 Å². The number of aryl methyl sites for hydroxylation is 1. The second-order valence-corrected chi connectivity index (χ2v) is 10.2. The Morgan fingerprint density at radius 3 is 2.39 bits per heavy atom. The number of carbonyl (C=O) groups is 1. The maximum absolute atomic E-state index is 13.4. The lowest BCUT2D eigenvalue weighted by molar-refractivity contribution is 0.252. The molecule has 1 fully saturated rings. The van der Waals surface area contributed by atoms with E-state index >= 15 is 0 Å². The van der Waals surface area contributed by atoms with Crippen LogP contribution in [-0.2, 0) is 10.0 Å². The Hall–Kier alpha value is -2.82.